The number of hydrogen-bond acceptors (Lipinski definition) is 6. The quantitative estimate of drug-likeness (QED) is 0.170. The predicted molar refractivity (Wildman–Crippen MR) is 172 cm³/mol. The molecule has 0 saturated heterocycles. The smallest absolute Gasteiger partial charge is 0.326 e. The van der Waals surface area contributed by atoms with Crippen LogP contribution in [0.4, 0.5) is 11.4 Å². The Balaban J connectivity index is 1.42. The number of ether oxygens (including phenoxy) is 2. The van der Waals surface area contributed by atoms with Crippen molar-refractivity contribution in [1.82, 2.24) is 0 Å². The van der Waals surface area contributed by atoms with Gasteiger partial charge in [0.2, 0.25) is 5.91 Å². The summed E-state index contributed by atoms with van der Waals surface area (Å²) in [6.07, 6.45) is 0.186. The minimum atomic E-state index is -1.03. The zero-order chi connectivity index (χ0) is 31.7. The van der Waals surface area contributed by atoms with Crippen molar-refractivity contribution in [2.45, 2.75) is 33.2 Å². The van der Waals surface area contributed by atoms with Crippen LogP contribution in [0.5, 0.6) is 11.5 Å². The number of carboxylic acids is 1. The number of carbonyl (C=O) groups excluding carboxylic acids is 2. The number of hydrogen-bond donors (Lipinski definition) is 2. The van der Waals surface area contributed by atoms with Crippen LogP contribution in [0.15, 0.2) is 103 Å². The van der Waals surface area contributed by atoms with Crippen molar-refractivity contribution in [3.8, 4) is 11.5 Å². The molecule has 228 valence electrons. The topological polar surface area (TPSA) is 105 Å². The van der Waals surface area contributed by atoms with Gasteiger partial charge in [0.25, 0.3) is 0 Å². The molecule has 0 fully saturated rings. The van der Waals surface area contributed by atoms with Gasteiger partial charge in [-0.15, -0.1) is 0 Å². The highest BCUT2D eigenvalue weighted by Gasteiger charge is 2.30. The molecule has 4 rings (SSSR count). The van der Waals surface area contributed by atoms with Crippen molar-refractivity contribution >= 4 is 29.0 Å². The fourth-order valence-corrected chi connectivity index (χ4v) is 4.74. The van der Waals surface area contributed by atoms with Crippen LogP contribution in [0.3, 0.4) is 0 Å². The van der Waals surface area contributed by atoms with Gasteiger partial charge < -0.3 is 24.8 Å². The summed E-state index contributed by atoms with van der Waals surface area (Å²) in [5.74, 6) is -0.0843. The number of aliphatic carboxylic acids is 1. The molecule has 0 radical (unpaired) electrons. The van der Waals surface area contributed by atoms with Crippen molar-refractivity contribution in [2.75, 3.05) is 30.5 Å². The van der Waals surface area contributed by atoms with Gasteiger partial charge in [-0.2, -0.15) is 0 Å². The highest BCUT2D eigenvalue weighted by molar-refractivity contribution is 6.12. The first-order valence-corrected chi connectivity index (χ1v) is 14.4. The maximum atomic E-state index is 13.3. The molecule has 44 heavy (non-hydrogen) atoms. The number of benzene rings is 4. The maximum Gasteiger partial charge on any atom is 0.326 e. The molecule has 0 spiro atoms. The summed E-state index contributed by atoms with van der Waals surface area (Å²) in [6.45, 7) is 6.16. The molecule has 0 unspecified atom stereocenters. The Kier molecular flexibility index (Phi) is 10.4. The van der Waals surface area contributed by atoms with Crippen molar-refractivity contribution < 1.29 is 29.0 Å². The van der Waals surface area contributed by atoms with Gasteiger partial charge in [0.15, 0.2) is 5.78 Å². The van der Waals surface area contributed by atoms with Crippen molar-refractivity contribution in [2.24, 2.45) is 5.41 Å². The van der Waals surface area contributed by atoms with E-state index in [0.717, 1.165) is 5.56 Å². The standard InChI is InChI=1S/C36H38N2O6/c1-36(2,3)35(42)38(31-16-10-11-17-32(31)43-4)22-23-44-27-20-18-25(19-21-27)24-30(34(40)41)37-29-15-9-8-14-28(29)33(39)26-12-6-5-7-13-26/h5-21,30,37H,22-24H2,1-4H3,(H,40,41)/t30-/m0/s1. The SMILES string of the molecule is COc1ccccc1N(CCOc1ccc(C[C@H](Nc2ccccc2C(=O)c2ccccc2)C(=O)O)cc1)C(=O)C(C)(C)C. The first kappa shape index (κ1) is 31.8. The summed E-state index contributed by atoms with van der Waals surface area (Å²) in [7, 11) is 1.57. The van der Waals surface area contributed by atoms with E-state index in [0.29, 0.717) is 40.5 Å². The molecule has 0 bridgehead atoms. The van der Waals surface area contributed by atoms with Gasteiger partial charge in [-0.1, -0.05) is 87.5 Å². The second kappa shape index (κ2) is 14.4. The molecule has 8 nitrogen and oxygen atoms in total. The molecule has 8 heteroatoms. The number of anilines is 2. The Labute approximate surface area is 258 Å². The Bertz CT molecular complexity index is 1580. The summed E-state index contributed by atoms with van der Waals surface area (Å²) in [4.78, 5) is 40.3. The first-order valence-electron chi connectivity index (χ1n) is 14.4. The Hall–Kier alpha value is -5.11. The third-order valence-corrected chi connectivity index (χ3v) is 7.05. The number of nitrogens with zero attached hydrogens (tertiary/aromatic N) is 1. The van der Waals surface area contributed by atoms with Gasteiger partial charge >= 0.3 is 5.97 Å². The summed E-state index contributed by atoms with van der Waals surface area (Å²) in [5.41, 5.74) is 2.24. The van der Waals surface area contributed by atoms with E-state index in [2.05, 4.69) is 5.32 Å². The molecule has 4 aromatic carbocycles. The van der Waals surface area contributed by atoms with Crippen LogP contribution in [0.2, 0.25) is 0 Å². The minimum absolute atomic E-state index is 0.0554. The zero-order valence-electron chi connectivity index (χ0n) is 25.4. The number of carbonyl (C=O) groups is 3. The lowest BCUT2D eigenvalue weighted by Crippen LogP contribution is -2.42. The van der Waals surface area contributed by atoms with Gasteiger partial charge in [0, 0.05) is 28.7 Å². The van der Waals surface area contributed by atoms with E-state index in [1.54, 1.807) is 72.7 Å². The van der Waals surface area contributed by atoms with Crippen LogP contribution in [0.1, 0.15) is 42.3 Å². The van der Waals surface area contributed by atoms with Crippen LogP contribution in [-0.4, -0.2) is 49.1 Å². The monoisotopic (exact) mass is 594 g/mol. The van der Waals surface area contributed by atoms with Crippen LogP contribution in [-0.2, 0) is 16.0 Å². The summed E-state index contributed by atoms with van der Waals surface area (Å²) < 4.78 is 11.5. The molecule has 0 saturated carbocycles. The number of amides is 1. The number of rotatable bonds is 13. The second-order valence-corrected chi connectivity index (χ2v) is 11.4. The minimum Gasteiger partial charge on any atom is -0.495 e. The van der Waals surface area contributed by atoms with E-state index in [4.69, 9.17) is 9.47 Å². The first-order chi connectivity index (χ1) is 21.1. The van der Waals surface area contributed by atoms with Crippen molar-refractivity contribution in [3.63, 3.8) is 0 Å². The normalized spacial score (nSPS) is 11.7. The summed E-state index contributed by atoms with van der Waals surface area (Å²) in [5, 5.41) is 13.0. The molecule has 1 atom stereocenters. The average molecular weight is 595 g/mol. The number of nitrogens with one attached hydrogen (secondary N) is 1. The van der Waals surface area contributed by atoms with Crippen LogP contribution < -0.4 is 19.7 Å². The highest BCUT2D eigenvalue weighted by Crippen LogP contribution is 2.31. The predicted octanol–water partition coefficient (Wildman–Crippen LogP) is 6.49. The lowest BCUT2D eigenvalue weighted by atomic mass is 9.94. The number of methoxy groups -OCH3 is 1. The molecule has 2 N–H and O–H groups in total. The molecule has 0 aliphatic carbocycles. The molecule has 0 aromatic heterocycles. The van der Waals surface area contributed by atoms with E-state index in [9.17, 15) is 19.5 Å². The third kappa shape index (κ3) is 8.04. The van der Waals surface area contributed by atoms with Gasteiger partial charge in [0.1, 0.15) is 24.1 Å². The van der Waals surface area contributed by atoms with E-state index in [-0.39, 0.29) is 24.7 Å². The average Bonchev–Trinajstić information content (AvgIpc) is 3.03. The van der Waals surface area contributed by atoms with Crippen LogP contribution in [0, 0.1) is 5.41 Å². The molecular formula is C36H38N2O6. The molecule has 0 aliphatic rings. The lowest BCUT2D eigenvalue weighted by Gasteiger charge is -2.30. The Morgan fingerprint density at radius 3 is 2.14 bits per heavy atom. The fourth-order valence-electron chi connectivity index (χ4n) is 4.74. The van der Waals surface area contributed by atoms with Crippen LogP contribution in [0.25, 0.3) is 0 Å². The Morgan fingerprint density at radius 2 is 1.48 bits per heavy atom. The van der Waals surface area contributed by atoms with E-state index >= 15 is 0 Å². The zero-order valence-corrected chi connectivity index (χ0v) is 25.4. The molecular weight excluding hydrogens is 556 g/mol. The third-order valence-electron chi connectivity index (χ3n) is 7.05. The molecule has 0 aliphatic heterocycles. The van der Waals surface area contributed by atoms with Gasteiger partial charge in [-0.3, -0.25) is 9.59 Å². The number of carboxylic acid groups (broad SMARTS) is 1. The summed E-state index contributed by atoms with van der Waals surface area (Å²) in [6, 6.07) is 29.4. The van der Waals surface area contributed by atoms with Crippen LogP contribution >= 0.6 is 0 Å². The van der Waals surface area contributed by atoms with E-state index < -0.39 is 17.4 Å². The highest BCUT2D eigenvalue weighted by atomic mass is 16.5. The molecule has 0 heterocycles. The molecule has 4 aromatic rings. The number of ketones is 1. The lowest BCUT2D eigenvalue weighted by molar-refractivity contribution is -0.137. The molecule has 1 amide bonds. The largest absolute Gasteiger partial charge is 0.495 e. The Morgan fingerprint density at radius 1 is 0.841 bits per heavy atom. The van der Waals surface area contributed by atoms with E-state index in [1.165, 1.54) is 0 Å². The second-order valence-electron chi connectivity index (χ2n) is 11.4. The number of para-hydroxylation sites is 3. The maximum absolute atomic E-state index is 13.3. The van der Waals surface area contributed by atoms with Gasteiger partial charge in [-0.05, 0) is 42.0 Å². The van der Waals surface area contributed by atoms with E-state index in [1.807, 2.05) is 63.2 Å². The van der Waals surface area contributed by atoms with Crippen molar-refractivity contribution in [1.29, 1.82) is 0 Å². The van der Waals surface area contributed by atoms with Gasteiger partial charge in [0.05, 0.1) is 19.3 Å². The summed E-state index contributed by atoms with van der Waals surface area (Å²) >= 11 is 0. The van der Waals surface area contributed by atoms with Gasteiger partial charge in [-0.25, -0.2) is 4.79 Å². The van der Waals surface area contributed by atoms with Crippen molar-refractivity contribution in [3.05, 3.63) is 120 Å². The fraction of sp³-hybridized carbons (Fsp3) is 0.250.